The number of likely N-dealkylation sites (N-methyl/N-ethyl adjacent to an activating group) is 2. The Morgan fingerprint density at radius 1 is 1.60 bits per heavy atom. The van der Waals surface area contributed by atoms with Crippen LogP contribution in [0.1, 0.15) is 22.9 Å². The number of hydrogen-bond donors (Lipinski definition) is 1. The summed E-state index contributed by atoms with van der Waals surface area (Å²) in [6.07, 6.45) is -3.24. The van der Waals surface area contributed by atoms with Crippen molar-refractivity contribution in [3.8, 4) is 0 Å². The molecule has 2 unspecified atom stereocenters. The molecule has 2 heterocycles. The molecule has 1 aliphatic rings. The third-order valence-electron chi connectivity index (χ3n) is 3.16. The van der Waals surface area contributed by atoms with Gasteiger partial charge in [0.15, 0.2) is 5.01 Å². The van der Waals surface area contributed by atoms with E-state index in [9.17, 15) is 13.2 Å². The highest BCUT2D eigenvalue weighted by atomic mass is 32.1. The highest BCUT2D eigenvalue weighted by Crippen LogP contribution is 2.35. The maximum Gasteiger partial charge on any atom is 0.443 e. The molecule has 114 valence electrons. The second kappa shape index (κ2) is 6.38. The summed E-state index contributed by atoms with van der Waals surface area (Å²) in [4.78, 5) is 6.17. The number of ether oxygens (including phenoxy) is 1. The van der Waals surface area contributed by atoms with Crippen LogP contribution in [0.2, 0.25) is 0 Å². The third-order valence-corrected chi connectivity index (χ3v) is 4.29. The van der Waals surface area contributed by atoms with Gasteiger partial charge in [0, 0.05) is 24.2 Å². The highest BCUT2D eigenvalue weighted by molar-refractivity contribution is 7.11. The van der Waals surface area contributed by atoms with Gasteiger partial charge in [0.2, 0.25) is 0 Å². The van der Waals surface area contributed by atoms with Crippen LogP contribution in [0.4, 0.5) is 13.2 Å². The summed E-state index contributed by atoms with van der Waals surface area (Å²) < 4.78 is 43.6. The summed E-state index contributed by atoms with van der Waals surface area (Å²) >= 11 is 0.686. The van der Waals surface area contributed by atoms with Crippen LogP contribution in [0, 0.1) is 0 Å². The normalized spacial score (nSPS) is 22.9. The number of halogens is 3. The molecule has 2 atom stereocenters. The Kier molecular flexibility index (Phi) is 5.00. The number of morpholine rings is 1. The molecule has 0 aliphatic carbocycles. The first-order valence-corrected chi connectivity index (χ1v) is 7.30. The Labute approximate surface area is 119 Å². The van der Waals surface area contributed by atoms with Crippen LogP contribution in [0.15, 0.2) is 6.20 Å². The van der Waals surface area contributed by atoms with Gasteiger partial charge in [-0.3, -0.25) is 0 Å². The summed E-state index contributed by atoms with van der Waals surface area (Å²) in [6.45, 7) is 4.70. The second-order valence-electron chi connectivity index (χ2n) is 4.77. The average molecular weight is 309 g/mol. The smallest absolute Gasteiger partial charge is 0.374 e. The lowest BCUT2D eigenvalue weighted by molar-refractivity contribution is -0.137. The topological polar surface area (TPSA) is 37.4 Å². The van der Waals surface area contributed by atoms with Gasteiger partial charge in [-0.25, -0.2) is 4.98 Å². The number of hydrogen-bond acceptors (Lipinski definition) is 5. The SMILES string of the molecule is CCNC(c1cnc(C(F)(F)F)s1)C1CN(C)CCO1. The number of nitrogens with one attached hydrogen (secondary N) is 1. The van der Waals surface area contributed by atoms with Crippen molar-refractivity contribution in [1.82, 2.24) is 15.2 Å². The van der Waals surface area contributed by atoms with Crippen molar-refractivity contribution in [3.05, 3.63) is 16.1 Å². The van der Waals surface area contributed by atoms with Gasteiger partial charge in [-0.05, 0) is 13.6 Å². The molecular weight excluding hydrogens is 291 g/mol. The van der Waals surface area contributed by atoms with E-state index < -0.39 is 11.2 Å². The lowest BCUT2D eigenvalue weighted by Gasteiger charge is -2.35. The van der Waals surface area contributed by atoms with E-state index in [-0.39, 0.29) is 12.1 Å². The summed E-state index contributed by atoms with van der Waals surface area (Å²) in [5.41, 5.74) is 0. The van der Waals surface area contributed by atoms with Crippen molar-refractivity contribution >= 4 is 11.3 Å². The fourth-order valence-corrected chi connectivity index (χ4v) is 3.12. The summed E-state index contributed by atoms with van der Waals surface area (Å²) in [7, 11) is 1.98. The van der Waals surface area contributed by atoms with E-state index in [0.717, 1.165) is 6.54 Å². The molecule has 20 heavy (non-hydrogen) atoms. The Morgan fingerprint density at radius 2 is 2.35 bits per heavy atom. The molecule has 0 saturated carbocycles. The van der Waals surface area contributed by atoms with Crippen molar-refractivity contribution in [2.24, 2.45) is 0 Å². The number of thiazole rings is 1. The second-order valence-corrected chi connectivity index (χ2v) is 5.83. The Hall–Kier alpha value is -0.700. The van der Waals surface area contributed by atoms with Gasteiger partial charge in [-0.1, -0.05) is 6.92 Å². The number of nitrogens with zero attached hydrogens (tertiary/aromatic N) is 2. The van der Waals surface area contributed by atoms with E-state index in [1.54, 1.807) is 0 Å². The first kappa shape index (κ1) is 15.7. The van der Waals surface area contributed by atoms with Gasteiger partial charge in [-0.15, -0.1) is 11.3 Å². The van der Waals surface area contributed by atoms with Crippen molar-refractivity contribution in [2.75, 3.05) is 33.3 Å². The van der Waals surface area contributed by atoms with Gasteiger partial charge in [0.05, 0.1) is 18.8 Å². The number of aromatic nitrogens is 1. The fraction of sp³-hybridized carbons (Fsp3) is 0.750. The fourth-order valence-electron chi connectivity index (χ4n) is 2.21. The van der Waals surface area contributed by atoms with Crippen molar-refractivity contribution in [2.45, 2.75) is 25.2 Å². The molecule has 0 aromatic carbocycles. The maximum absolute atomic E-state index is 12.6. The van der Waals surface area contributed by atoms with Crippen molar-refractivity contribution in [1.29, 1.82) is 0 Å². The molecule has 0 bridgehead atoms. The van der Waals surface area contributed by atoms with Gasteiger partial charge in [0.25, 0.3) is 0 Å². The lowest BCUT2D eigenvalue weighted by atomic mass is 10.1. The molecule has 0 amide bonds. The predicted octanol–water partition coefficient (Wildman–Crippen LogP) is 2.14. The molecule has 8 heteroatoms. The lowest BCUT2D eigenvalue weighted by Crippen LogP contribution is -2.46. The molecule has 1 aromatic rings. The molecule has 1 N–H and O–H groups in total. The third kappa shape index (κ3) is 3.69. The highest BCUT2D eigenvalue weighted by Gasteiger charge is 2.36. The van der Waals surface area contributed by atoms with E-state index in [4.69, 9.17) is 4.74 Å². The standard InChI is InChI=1S/C12H18F3N3OS/c1-3-16-10(8-7-18(2)4-5-19-8)9-6-17-11(20-9)12(13,14)15/h6,8,10,16H,3-5,7H2,1-2H3. The Bertz CT molecular complexity index is 438. The monoisotopic (exact) mass is 309 g/mol. The quantitative estimate of drug-likeness (QED) is 0.925. The minimum atomic E-state index is -4.39. The molecule has 0 radical (unpaired) electrons. The van der Waals surface area contributed by atoms with Crippen LogP contribution in [-0.4, -0.2) is 49.3 Å². The van der Waals surface area contributed by atoms with Crippen molar-refractivity contribution in [3.63, 3.8) is 0 Å². The molecular formula is C12H18F3N3OS. The van der Waals surface area contributed by atoms with Crippen LogP contribution >= 0.6 is 11.3 Å². The van der Waals surface area contributed by atoms with E-state index in [1.165, 1.54) is 6.20 Å². The Morgan fingerprint density at radius 3 is 2.90 bits per heavy atom. The zero-order valence-corrected chi connectivity index (χ0v) is 12.2. The van der Waals surface area contributed by atoms with E-state index in [2.05, 4.69) is 15.2 Å². The predicted molar refractivity (Wildman–Crippen MR) is 70.8 cm³/mol. The summed E-state index contributed by atoms with van der Waals surface area (Å²) in [5.74, 6) is 0. The molecule has 1 saturated heterocycles. The molecule has 1 fully saturated rings. The first-order valence-electron chi connectivity index (χ1n) is 6.48. The van der Waals surface area contributed by atoms with Crippen LogP contribution in [-0.2, 0) is 10.9 Å². The Balaban J connectivity index is 2.17. The van der Waals surface area contributed by atoms with Crippen LogP contribution in [0.5, 0.6) is 0 Å². The van der Waals surface area contributed by atoms with E-state index in [0.29, 0.717) is 35.9 Å². The maximum atomic E-state index is 12.6. The zero-order valence-electron chi connectivity index (χ0n) is 11.4. The summed E-state index contributed by atoms with van der Waals surface area (Å²) in [5, 5.41) is 2.40. The molecule has 1 aromatic heterocycles. The molecule has 1 aliphatic heterocycles. The van der Waals surface area contributed by atoms with Gasteiger partial charge in [0.1, 0.15) is 0 Å². The first-order chi connectivity index (χ1) is 9.41. The minimum Gasteiger partial charge on any atom is -0.374 e. The van der Waals surface area contributed by atoms with Gasteiger partial charge >= 0.3 is 6.18 Å². The number of alkyl halides is 3. The zero-order chi connectivity index (χ0) is 14.8. The largest absolute Gasteiger partial charge is 0.443 e. The van der Waals surface area contributed by atoms with Crippen molar-refractivity contribution < 1.29 is 17.9 Å². The number of rotatable bonds is 4. The molecule has 2 rings (SSSR count). The minimum absolute atomic E-state index is 0.157. The van der Waals surface area contributed by atoms with Crippen LogP contribution in [0.25, 0.3) is 0 Å². The summed E-state index contributed by atoms with van der Waals surface area (Å²) in [6, 6.07) is -0.253. The van der Waals surface area contributed by atoms with Crippen LogP contribution < -0.4 is 5.32 Å². The van der Waals surface area contributed by atoms with E-state index in [1.807, 2.05) is 14.0 Å². The van der Waals surface area contributed by atoms with Gasteiger partial charge in [-0.2, -0.15) is 13.2 Å². The molecule has 0 spiro atoms. The van der Waals surface area contributed by atoms with Crippen LogP contribution in [0.3, 0.4) is 0 Å². The van der Waals surface area contributed by atoms with Gasteiger partial charge < -0.3 is 15.0 Å². The molecule has 4 nitrogen and oxygen atoms in total. The average Bonchev–Trinajstić information content (AvgIpc) is 2.85. The van der Waals surface area contributed by atoms with E-state index >= 15 is 0 Å².